The van der Waals surface area contributed by atoms with Crippen LogP contribution in [0.5, 0.6) is 0 Å². The Bertz CT molecular complexity index is 1020. The molecule has 0 aromatic carbocycles. The molecule has 0 spiro atoms. The van der Waals surface area contributed by atoms with Crippen LogP contribution in [0.15, 0.2) is 18.3 Å². The highest BCUT2D eigenvalue weighted by atomic mass is 16.5. The van der Waals surface area contributed by atoms with Gasteiger partial charge in [-0.25, -0.2) is 4.98 Å². The first-order valence-corrected chi connectivity index (χ1v) is 11.9. The number of aliphatic carboxylic acids is 1. The van der Waals surface area contributed by atoms with Crippen molar-refractivity contribution < 1.29 is 24.2 Å². The highest BCUT2D eigenvalue weighted by Crippen LogP contribution is 2.43. The summed E-state index contributed by atoms with van der Waals surface area (Å²) in [6, 6.07) is 3.07. The number of aromatic nitrogens is 2. The molecule has 2 fully saturated rings. The minimum Gasteiger partial charge on any atom is -0.481 e. The lowest BCUT2D eigenvalue weighted by atomic mass is 9.82. The summed E-state index contributed by atoms with van der Waals surface area (Å²) in [5, 5.41) is 15.5. The van der Waals surface area contributed by atoms with Crippen LogP contribution in [-0.4, -0.2) is 51.5 Å². The monoisotopic (exact) mass is 456 g/mol. The van der Waals surface area contributed by atoms with Crippen LogP contribution in [0.2, 0.25) is 0 Å². The average molecular weight is 457 g/mol. The number of nitrogens with zero attached hydrogens (tertiary/aromatic N) is 2. The standard InChI is InChI=1S/C24H32N4O5/c1-2-33-20(31)14-25-23-21(16-10-11-16)27-22-17(9-6-12-28(22)23)24(32)26-18(13-19(29)30)15-7-4-3-5-8-15/h6,9,12,15-16,18,25H,2-5,7-8,10-11,13-14H2,1H3,(H,26,32)(H,29,30). The molecule has 0 bridgehead atoms. The van der Waals surface area contributed by atoms with Gasteiger partial charge in [-0.2, -0.15) is 0 Å². The molecule has 1 atom stereocenters. The maximum absolute atomic E-state index is 13.3. The predicted octanol–water partition coefficient (Wildman–Crippen LogP) is 3.34. The maximum Gasteiger partial charge on any atom is 0.325 e. The van der Waals surface area contributed by atoms with Crippen LogP contribution in [0, 0.1) is 5.92 Å². The molecule has 2 aromatic rings. The fraction of sp³-hybridized carbons (Fsp3) is 0.583. The Morgan fingerprint density at radius 1 is 1.21 bits per heavy atom. The second-order valence-electron chi connectivity index (χ2n) is 8.97. The predicted molar refractivity (Wildman–Crippen MR) is 122 cm³/mol. The van der Waals surface area contributed by atoms with Gasteiger partial charge in [-0.15, -0.1) is 0 Å². The Hall–Kier alpha value is -3.10. The van der Waals surface area contributed by atoms with E-state index in [9.17, 15) is 19.5 Å². The van der Waals surface area contributed by atoms with Crippen molar-refractivity contribution in [1.29, 1.82) is 0 Å². The smallest absolute Gasteiger partial charge is 0.325 e. The number of hydrogen-bond acceptors (Lipinski definition) is 6. The summed E-state index contributed by atoms with van der Waals surface area (Å²) in [4.78, 5) is 41.4. The summed E-state index contributed by atoms with van der Waals surface area (Å²) < 4.78 is 6.82. The third-order valence-electron chi connectivity index (χ3n) is 6.52. The third kappa shape index (κ3) is 5.46. The number of hydrogen-bond donors (Lipinski definition) is 3. The van der Waals surface area contributed by atoms with E-state index in [1.54, 1.807) is 23.5 Å². The molecular weight excluding hydrogens is 424 g/mol. The second kappa shape index (κ2) is 10.2. The van der Waals surface area contributed by atoms with E-state index in [-0.39, 0.29) is 30.8 Å². The SMILES string of the molecule is CCOC(=O)CNc1c(C2CC2)nc2c(C(=O)NC(CC(=O)O)C3CCCCC3)cccn12. The summed E-state index contributed by atoms with van der Waals surface area (Å²) in [6.45, 7) is 2.09. The van der Waals surface area contributed by atoms with Gasteiger partial charge in [0, 0.05) is 18.2 Å². The molecule has 4 rings (SSSR count). The normalized spacial score (nSPS) is 17.5. The fourth-order valence-electron chi connectivity index (χ4n) is 4.75. The summed E-state index contributed by atoms with van der Waals surface area (Å²) in [5.74, 6) is -0.417. The highest BCUT2D eigenvalue weighted by molar-refractivity contribution is 6.00. The Morgan fingerprint density at radius 3 is 2.64 bits per heavy atom. The summed E-state index contributed by atoms with van der Waals surface area (Å²) in [6.07, 6.45) is 8.90. The van der Waals surface area contributed by atoms with Gasteiger partial charge in [0.05, 0.1) is 24.3 Å². The largest absolute Gasteiger partial charge is 0.481 e. The van der Waals surface area contributed by atoms with Crippen LogP contribution < -0.4 is 10.6 Å². The number of ether oxygens (including phenoxy) is 1. The zero-order chi connectivity index (χ0) is 23.4. The minimum absolute atomic E-state index is 0.0140. The van der Waals surface area contributed by atoms with Crippen LogP contribution >= 0.6 is 0 Å². The number of esters is 1. The molecular formula is C24H32N4O5. The first-order chi connectivity index (χ1) is 16.0. The first kappa shape index (κ1) is 23.1. The van der Waals surface area contributed by atoms with Crippen molar-refractivity contribution >= 4 is 29.3 Å². The van der Waals surface area contributed by atoms with Crippen molar-refractivity contribution in [2.75, 3.05) is 18.5 Å². The van der Waals surface area contributed by atoms with Crippen molar-refractivity contribution in [3.63, 3.8) is 0 Å². The number of pyridine rings is 1. The summed E-state index contributed by atoms with van der Waals surface area (Å²) in [7, 11) is 0. The van der Waals surface area contributed by atoms with E-state index in [0.29, 0.717) is 29.6 Å². The van der Waals surface area contributed by atoms with Gasteiger partial charge >= 0.3 is 11.9 Å². The Kier molecular flexibility index (Phi) is 7.15. The van der Waals surface area contributed by atoms with E-state index >= 15 is 0 Å². The zero-order valence-corrected chi connectivity index (χ0v) is 19.0. The zero-order valence-electron chi connectivity index (χ0n) is 19.0. The van der Waals surface area contributed by atoms with Crippen molar-refractivity contribution in [2.45, 2.75) is 70.3 Å². The number of carbonyl (C=O) groups is 3. The van der Waals surface area contributed by atoms with Gasteiger partial charge in [0.2, 0.25) is 0 Å². The summed E-state index contributed by atoms with van der Waals surface area (Å²) >= 11 is 0. The van der Waals surface area contributed by atoms with Crippen LogP contribution in [0.25, 0.3) is 5.65 Å². The Labute approximate surface area is 192 Å². The van der Waals surface area contributed by atoms with Gasteiger partial charge < -0.3 is 20.5 Å². The molecule has 2 saturated carbocycles. The van der Waals surface area contributed by atoms with Crippen molar-refractivity contribution in [1.82, 2.24) is 14.7 Å². The lowest BCUT2D eigenvalue weighted by Crippen LogP contribution is -2.42. The number of rotatable bonds is 10. The minimum atomic E-state index is -0.911. The van der Waals surface area contributed by atoms with Crippen LogP contribution in [-0.2, 0) is 14.3 Å². The van der Waals surface area contributed by atoms with E-state index in [1.807, 2.05) is 6.20 Å². The highest BCUT2D eigenvalue weighted by Gasteiger charge is 2.32. The molecule has 1 unspecified atom stereocenters. The van der Waals surface area contributed by atoms with Gasteiger partial charge in [0.1, 0.15) is 12.4 Å². The van der Waals surface area contributed by atoms with Gasteiger partial charge in [-0.05, 0) is 50.7 Å². The number of amides is 1. The lowest BCUT2D eigenvalue weighted by Gasteiger charge is -2.30. The second-order valence-corrected chi connectivity index (χ2v) is 8.97. The molecule has 33 heavy (non-hydrogen) atoms. The Morgan fingerprint density at radius 2 is 1.97 bits per heavy atom. The fourth-order valence-corrected chi connectivity index (χ4v) is 4.75. The number of anilines is 1. The van der Waals surface area contributed by atoms with Crippen LogP contribution in [0.1, 0.15) is 80.3 Å². The van der Waals surface area contributed by atoms with Crippen molar-refractivity contribution in [3.05, 3.63) is 29.6 Å². The van der Waals surface area contributed by atoms with E-state index in [4.69, 9.17) is 9.72 Å². The number of carboxylic acids is 1. The number of nitrogens with one attached hydrogen (secondary N) is 2. The van der Waals surface area contributed by atoms with E-state index in [1.165, 1.54) is 0 Å². The molecule has 2 aliphatic carbocycles. The molecule has 9 heteroatoms. The van der Waals surface area contributed by atoms with Crippen molar-refractivity contribution in [2.24, 2.45) is 5.92 Å². The molecule has 9 nitrogen and oxygen atoms in total. The van der Waals surface area contributed by atoms with Crippen LogP contribution in [0.4, 0.5) is 5.82 Å². The van der Waals surface area contributed by atoms with Gasteiger partial charge in [0.25, 0.3) is 5.91 Å². The van der Waals surface area contributed by atoms with Crippen LogP contribution in [0.3, 0.4) is 0 Å². The number of carbonyl (C=O) groups excluding carboxylic acids is 2. The molecule has 2 aliphatic rings. The number of imidazole rings is 1. The molecule has 3 N–H and O–H groups in total. The third-order valence-corrected chi connectivity index (χ3v) is 6.52. The summed E-state index contributed by atoms with van der Waals surface area (Å²) in [5.41, 5.74) is 1.74. The topological polar surface area (TPSA) is 122 Å². The number of fused-ring (bicyclic) bond motifs is 1. The molecule has 0 aliphatic heterocycles. The maximum atomic E-state index is 13.3. The number of carboxylic acid groups (broad SMARTS) is 1. The molecule has 1 amide bonds. The molecule has 2 aromatic heterocycles. The molecule has 178 valence electrons. The molecule has 0 saturated heterocycles. The average Bonchev–Trinajstić information content (AvgIpc) is 3.58. The van der Waals surface area contributed by atoms with Gasteiger partial charge in [-0.3, -0.25) is 18.8 Å². The van der Waals surface area contributed by atoms with Gasteiger partial charge in [0.15, 0.2) is 5.65 Å². The first-order valence-electron chi connectivity index (χ1n) is 11.9. The van der Waals surface area contributed by atoms with E-state index in [2.05, 4.69) is 10.6 Å². The Balaban J connectivity index is 1.60. The van der Waals surface area contributed by atoms with Crippen molar-refractivity contribution in [3.8, 4) is 0 Å². The molecule has 0 radical (unpaired) electrons. The lowest BCUT2D eigenvalue weighted by molar-refractivity contribution is -0.141. The van der Waals surface area contributed by atoms with Gasteiger partial charge in [-0.1, -0.05) is 19.3 Å². The molecule has 2 heterocycles. The van der Waals surface area contributed by atoms with E-state index < -0.39 is 12.0 Å². The quantitative estimate of drug-likeness (QED) is 0.469. The van der Waals surface area contributed by atoms with E-state index in [0.717, 1.165) is 50.6 Å².